The van der Waals surface area contributed by atoms with Crippen LogP contribution in [-0.4, -0.2) is 58.8 Å². The average Bonchev–Trinajstić information content (AvgIpc) is 3.61. The van der Waals surface area contributed by atoms with Crippen LogP contribution in [0.3, 0.4) is 0 Å². The van der Waals surface area contributed by atoms with Gasteiger partial charge in [0, 0.05) is 17.3 Å². The van der Waals surface area contributed by atoms with Gasteiger partial charge in [-0.2, -0.15) is 0 Å². The number of hydrogen-bond donors (Lipinski definition) is 5. The molecule has 1 fully saturated rings. The van der Waals surface area contributed by atoms with Crippen molar-refractivity contribution in [2.24, 2.45) is 5.73 Å². The molecule has 2 amide bonds. The van der Waals surface area contributed by atoms with E-state index < -0.39 is 30.5 Å². The van der Waals surface area contributed by atoms with Crippen LogP contribution in [0.4, 0.5) is 0 Å². The van der Waals surface area contributed by atoms with Crippen LogP contribution in [0.2, 0.25) is 0 Å². The number of hydrogen-bond acceptors (Lipinski definition) is 6. The van der Waals surface area contributed by atoms with Gasteiger partial charge in [-0.1, -0.05) is 60.7 Å². The van der Waals surface area contributed by atoms with Crippen molar-refractivity contribution in [3.05, 3.63) is 93.7 Å². The maximum atomic E-state index is 14.1. The molecule has 10 heteroatoms. The molecule has 198 valence electrons. The Morgan fingerprint density at radius 3 is 2.21 bits per heavy atom. The van der Waals surface area contributed by atoms with Gasteiger partial charge in [-0.25, -0.2) is 0 Å². The first-order chi connectivity index (χ1) is 18.3. The van der Waals surface area contributed by atoms with Crippen molar-refractivity contribution in [3.8, 4) is 0 Å². The molecule has 1 aliphatic rings. The summed E-state index contributed by atoms with van der Waals surface area (Å²) in [4.78, 5) is 41.8. The van der Waals surface area contributed by atoms with E-state index in [4.69, 9.17) is 11.1 Å². The molecule has 0 bridgehead atoms. The number of rotatable bonds is 11. The van der Waals surface area contributed by atoms with Crippen molar-refractivity contribution in [2.75, 3.05) is 13.1 Å². The normalized spacial score (nSPS) is 15.8. The Morgan fingerprint density at radius 1 is 1.03 bits per heavy atom. The number of amides is 2. The van der Waals surface area contributed by atoms with Crippen LogP contribution in [0.5, 0.6) is 0 Å². The van der Waals surface area contributed by atoms with Crippen molar-refractivity contribution in [1.29, 1.82) is 5.41 Å². The van der Waals surface area contributed by atoms with Gasteiger partial charge in [-0.3, -0.25) is 25.1 Å². The van der Waals surface area contributed by atoms with Crippen molar-refractivity contribution >= 4 is 35.0 Å². The molecule has 0 spiro atoms. The Hall–Kier alpha value is -4.02. The highest BCUT2D eigenvalue weighted by Gasteiger charge is 2.40. The molecule has 2 atom stereocenters. The second-order valence-electron chi connectivity index (χ2n) is 9.14. The number of thiophene rings is 1. The number of benzene rings is 2. The molecule has 0 saturated carbocycles. The van der Waals surface area contributed by atoms with E-state index in [1.54, 1.807) is 11.0 Å². The number of nitrogens with two attached hydrogens (primary N) is 1. The van der Waals surface area contributed by atoms with Gasteiger partial charge >= 0.3 is 5.97 Å². The Bertz CT molecular complexity index is 1240. The van der Waals surface area contributed by atoms with Gasteiger partial charge in [-0.05, 0) is 36.1 Å². The number of nitrogen functional groups attached to an aromatic ring is 1. The lowest BCUT2D eigenvalue weighted by atomic mass is 9.84. The molecule has 38 heavy (non-hydrogen) atoms. The van der Waals surface area contributed by atoms with Crippen LogP contribution in [0.1, 0.15) is 39.6 Å². The summed E-state index contributed by atoms with van der Waals surface area (Å²) in [5.41, 5.74) is 7.27. The molecule has 1 saturated heterocycles. The fourth-order valence-electron chi connectivity index (χ4n) is 4.83. The third-order valence-electron chi connectivity index (χ3n) is 6.59. The standard InChI is InChI=1S/C28H31N5O4S/c29-26(30)22-14-13-20(38-22)16-32-27(36)21-12-7-15-33(21)28(37)25(31-17-23(34)35)24(18-8-3-1-4-9-18)19-10-5-2-6-11-19/h1-6,8-11,13-14,21,24-25,31H,7,12,15-17H2,(H3,29,30)(H,32,36)(H,34,35)/t21-,25+/m0/s1. The van der Waals surface area contributed by atoms with Gasteiger partial charge in [0.25, 0.3) is 0 Å². The maximum absolute atomic E-state index is 14.1. The number of aliphatic carboxylic acids is 1. The fraction of sp³-hybridized carbons (Fsp3) is 0.286. The monoisotopic (exact) mass is 533 g/mol. The van der Waals surface area contributed by atoms with E-state index in [2.05, 4.69) is 10.6 Å². The summed E-state index contributed by atoms with van der Waals surface area (Å²) in [6.45, 7) is 0.284. The molecular formula is C28H31N5O4S. The van der Waals surface area contributed by atoms with Crippen LogP contribution in [-0.2, 0) is 20.9 Å². The van der Waals surface area contributed by atoms with Gasteiger partial charge in [-0.15, -0.1) is 11.3 Å². The fourth-order valence-corrected chi connectivity index (χ4v) is 5.64. The zero-order valence-corrected chi connectivity index (χ0v) is 21.6. The first kappa shape index (κ1) is 27.0. The zero-order valence-electron chi connectivity index (χ0n) is 20.8. The minimum atomic E-state index is -1.07. The van der Waals surface area contributed by atoms with Crippen LogP contribution in [0.15, 0.2) is 72.8 Å². The van der Waals surface area contributed by atoms with Crippen molar-refractivity contribution in [2.45, 2.75) is 37.4 Å². The highest BCUT2D eigenvalue weighted by Crippen LogP contribution is 2.31. The lowest BCUT2D eigenvalue weighted by Gasteiger charge is -2.33. The molecule has 3 aromatic rings. The summed E-state index contributed by atoms with van der Waals surface area (Å²) in [7, 11) is 0. The van der Waals surface area contributed by atoms with Crippen LogP contribution >= 0.6 is 11.3 Å². The third kappa shape index (κ3) is 6.45. The van der Waals surface area contributed by atoms with Crippen LogP contribution in [0.25, 0.3) is 0 Å². The third-order valence-corrected chi connectivity index (χ3v) is 7.71. The smallest absolute Gasteiger partial charge is 0.317 e. The van der Waals surface area contributed by atoms with E-state index in [1.807, 2.05) is 66.7 Å². The molecule has 1 aromatic heterocycles. The summed E-state index contributed by atoms with van der Waals surface area (Å²) >= 11 is 1.34. The summed E-state index contributed by atoms with van der Waals surface area (Å²) in [6.07, 6.45) is 1.19. The second-order valence-corrected chi connectivity index (χ2v) is 10.3. The Labute approximate surface area is 225 Å². The summed E-state index contributed by atoms with van der Waals surface area (Å²) in [5.74, 6) is -2.12. The number of carbonyl (C=O) groups excluding carboxylic acids is 2. The number of carbonyl (C=O) groups is 3. The summed E-state index contributed by atoms with van der Waals surface area (Å²) in [6, 6.07) is 21.0. The highest BCUT2D eigenvalue weighted by atomic mass is 32.1. The molecule has 2 aromatic carbocycles. The number of amidine groups is 1. The Morgan fingerprint density at radius 2 is 1.66 bits per heavy atom. The second kappa shape index (κ2) is 12.5. The maximum Gasteiger partial charge on any atom is 0.317 e. The molecule has 2 heterocycles. The quantitative estimate of drug-likeness (QED) is 0.189. The number of likely N-dealkylation sites (tertiary alicyclic amines) is 1. The predicted molar refractivity (Wildman–Crippen MR) is 146 cm³/mol. The molecule has 4 rings (SSSR count). The van der Waals surface area contributed by atoms with E-state index in [0.29, 0.717) is 24.3 Å². The van der Waals surface area contributed by atoms with Gasteiger partial charge in [0.1, 0.15) is 11.9 Å². The van der Waals surface area contributed by atoms with Gasteiger partial charge in [0.2, 0.25) is 11.8 Å². The van der Waals surface area contributed by atoms with Gasteiger partial charge in [0.05, 0.1) is 24.0 Å². The molecular weight excluding hydrogens is 502 g/mol. The molecule has 0 aliphatic carbocycles. The van der Waals surface area contributed by atoms with Gasteiger partial charge < -0.3 is 21.1 Å². The van der Waals surface area contributed by atoms with Crippen molar-refractivity contribution in [3.63, 3.8) is 0 Å². The molecule has 0 radical (unpaired) electrons. The van der Waals surface area contributed by atoms with E-state index in [0.717, 1.165) is 16.0 Å². The highest BCUT2D eigenvalue weighted by molar-refractivity contribution is 7.14. The van der Waals surface area contributed by atoms with E-state index in [9.17, 15) is 19.5 Å². The number of nitrogens with one attached hydrogen (secondary N) is 3. The average molecular weight is 534 g/mol. The summed E-state index contributed by atoms with van der Waals surface area (Å²) in [5, 5.41) is 22.8. The van der Waals surface area contributed by atoms with Gasteiger partial charge in [0.15, 0.2) is 0 Å². The van der Waals surface area contributed by atoms with E-state index in [1.165, 1.54) is 11.3 Å². The molecule has 1 aliphatic heterocycles. The Kier molecular flexibility index (Phi) is 8.88. The lowest BCUT2D eigenvalue weighted by Crippen LogP contribution is -2.55. The van der Waals surface area contributed by atoms with E-state index >= 15 is 0 Å². The van der Waals surface area contributed by atoms with Crippen LogP contribution < -0.4 is 16.4 Å². The predicted octanol–water partition coefficient (Wildman–Crippen LogP) is 2.51. The number of carboxylic acids is 1. The zero-order chi connectivity index (χ0) is 27.1. The molecule has 9 nitrogen and oxygen atoms in total. The van der Waals surface area contributed by atoms with Crippen molar-refractivity contribution in [1.82, 2.24) is 15.5 Å². The number of nitrogens with zero attached hydrogens (tertiary/aromatic N) is 1. The van der Waals surface area contributed by atoms with Crippen LogP contribution in [0, 0.1) is 5.41 Å². The van der Waals surface area contributed by atoms with E-state index in [-0.39, 0.29) is 24.2 Å². The lowest BCUT2D eigenvalue weighted by molar-refractivity contribution is -0.141. The topological polar surface area (TPSA) is 149 Å². The minimum Gasteiger partial charge on any atom is -0.480 e. The first-order valence-corrected chi connectivity index (χ1v) is 13.2. The summed E-state index contributed by atoms with van der Waals surface area (Å²) < 4.78 is 0. The minimum absolute atomic E-state index is 0.0218. The largest absolute Gasteiger partial charge is 0.480 e. The SMILES string of the molecule is N=C(N)c1ccc(CNC(=O)[C@@H]2CCCN2C(=O)[C@H](NCC(=O)O)C(c2ccccc2)c2ccccc2)s1. The van der Waals surface area contributed by atoms with Crippen molar-refractivity contribution < 1.29 is 19.5 Å². The first-order valence-electron chi connectivity index (χ1n) is 12.4. The molecule has 0 unspecified atom stereocenters. The Balaban J connectivity index is 1.58. The number of carboxylic acid groups (broad SMARTS) is 1. The molecule has 6 N–H and O–H groups in total.